The standard InChI is InChI=1S/C15H15FN2O2/c1-9-14(10(2)20-17-9)15(19)18-7-3-4-11-5-6-12(16)8-13(11)18/h5-6,8H,3-4,7H2,1-2H3. The fourth-order valence-electron chi connectivity index (χ4n) is 2.68. The molecule has 2 heterocycles. The van der Waals surface area contributed by atoms with E-state index in [1.165, 1.54) is 12.1 Å². The summed E-state index contributed by atoms with van der Waals surface area (Å²) in [6.45, 7) is 4.03. The van der Waals surface area contributed by atoms with Crippen molar-refractivity contribution in [2.75, 3.05) is 11.4 Å². The van der Waals surface area contributed by atoms with Gasteiger partial charge < -0.3 is 9.42 Å². The van der Waals surface area contributed by atoms with Crippen molar-refractivity contribution in [3.8, 4) is 0 Å². The molecule has 4 nitrogen and oxygen atoms in total. The largest absolute Gasteiger partial charge is 0.361 e. The van der Waals surface area contributed by atoms with E-state index in [2.05, 4.69) is 5.16 Å². The van der Waals surface area contributed by atoms with E-state index in [1.54, 1.807) is 24.8 Å². The lowest BCUT2D eigenvalue weighted by Gasteiger charge is -2.29. The molecule has 20 heavy (non-hydrogen) atoms. The van der Waals surface area contributed by atoms with Crippen LogP contribution in [0.25, 0.3) is 0 Å². The van der Waals surface area contributed by atoms with Crippen LogP contribution < -0.4 is 4.90 Å². The normalized spacial score (nSPS) is 14.2. The van der Waals surface area contributed by atoms with Gasteiger partial charge in [-0.15, -0.1) is 0 Å². The second kappa shape index (κ2) is 4.74. The summed E-state index contributed by atoms with van der Waals surface area (Å²) in [5.74, 6) is -0.00830. The number of halogens is 1. The van der Waals surface area contributed by atoms with Crippen molar-refractivity contribution in [1.29, 1.82) is 0 Å². The predicted octanol–water partition coefficient (Wildman–Crippen LogP) is 3.02. The number of fused-ring (bicyclic) bond motifs is 1. The summed E-state index contributed by atoms with van der Waals surface area (Å²) < 4.78 is 18.5. The number of amides is 1. The highest BCUT2D eigenvalue weighted by atomic mass is 19.1. The summed E-state index contributed by atoms with van der Waals surface area (Å²) in [4.78, 5) is 14.3. The van der Waals surface area contributed by atoms with Crippen molar-refractivity contribution in [3.05, 3.63) is 46.6 Å². The van der Waals surface area contributed by atoms with Crippen molar-refractivity contribution in [2.24, 2.45) is 0 Å². The van der Waals surface area contributed by atoms with Crippen molar-refractivity contribution in [1.82, 2.24) is 5.16 Å². The smallest absolute Gasteiger partial charge is 0.263 e. The van der Waals surface area contributed by atoms with Crippen LogP contribution in [0.1, 0.15) is 33.8 Å². The summed E-state index contributed by atoms with van der Waals surface area (Å²) >= 11 is 0. The number of anilines is 1. The maximum absolute atomic E-state index is 13.5. The molecule has 0 spiro atoms. The third-order valence-electron chi connectivity index (χ3n) is 3.66. The van der Waals surface area contributed by atoms with Crippen LogP contribution in [0.15, 0.2) is 22.7 Å². The molecule has 1 aromatic carbocycles. The molecule has 0 unspecified atom stereocenters. The molecular formula is C15H15FN2O2. The molecule has 0 aliphatic carbocycles. The molecule has 0 bridgehead atoms. The summed E-state index contributed by atoms with van der Waals surface area (Å²) in [5, 5.41) is 3.81. The zero-order valence-corrected chi connectivity index (χ0v) is 11.4. The van der Waals surface area contributed by atoms with E-state index in [0.29, 0.717) is 29.2 Å². The van der Waals surface area contributed by atoms with Gasteiger partial charge in [-0.1, -0.05) is 11.2 Å². The van der Waals surface area contributed by atoms with Gasteiger partial charge in [0.2, 0.25) is 0 Å². The van der Waals surface area contributed by atoms with Gasteiger partial charge in [0.15, 0.2) is 0 Å². The average molecular weight is 274 g/mol. The maximum Gasteiger partial charge on any atom is 0.263 e. The second-order valence-corrected chi connectivity index (χ2v) is 5.03. The molecule has 2 aromatic rings. The Morgan fingerprint density at radius 3 is 2.90 bits per heavy atom. The summed E-state index contributed by atoms with van der Waals surface area (Å²) in [6.07, 6.45) is 1.73. The van der Waals surface area contributed by atoms with Crippen LogP contribution in [-0.2, 0) is 6.42 Å². The molecule has 1 aromatic heterocycles. The Labute approximate surface area is 116 Å². The number of carbonyl (C=O) groups excluding carboxylic acids is 1. The Morgan fingerprint density at radius 1 is 1.40 bits per heavy atom. The lowest BCUT2D eigenvalue weighted by molar-refractivity contribution is 0.0983. The monoisotopic (exact) mass is 274 g/mol. The zero-order chi connectivity index (χ0) is 14.3. The first kappa shape index (κ1) is 12.8. The van der Waals surface area contributed by atoms with Gasteiger partial charge in [0.1, 0.15) is 17.1 Å². The second-order valence-electron chi connectivity index (χ2n) is 5.03. The van der Waals surface area contributed by atoms with Crippen LogP contribution in [0.2, 0.25) is 0 Å². The van der Waals surface area contributed by atoms with Crippen molar-refractivity contribution < 1.29 is 13.7 Å². The minimum atomic E-state index is -0.331. The van der Waals surface area contributed by atoms with Gasteiger partial charge in [-0.05, 0) is 44.4 Å². The summed E-state index contributed by atoms with van der Waals surface area (Å²) in [6, 6.07) is 4.60. The molecule has 0 N–H and O–H groups in total. The Morgan fingerprint density at radius 2 is 2.20 bits per heavy atom. The van der Waals surface area contributed by atoms with Crippen molar-refractivity contribution in [2.45, 2.75) is 26.7 Å². The third kappa shape index (κ3) is 1.99. The van der Waals surface area contributed by atoms with Gasteiger partial charge in [0, 0.05) is 6.54 Å². The van der Waals surface area contributed by atoms with Crippen molar-refractivity contribution in [3.63, 3.8) is 0 Å². The molecule has 1 aliphatic heterocycles. The van der Waals surface area contributed by atoms with Crippen LogP contribution in [0.4, 0.5) is 10.1 Å². The highest BCUT2D eigenvalue weighted by molar-refractivity contribution is 6.08. The van der Waals surface area contributed by atoms with E-state index in [1.807, 2.05) is 0 Å². The molecule has 0 radical (unpaired) electrons. The SMILES string of the molecule is Cc1noc(C)c1C(=O)N1CCCc2ccc(F)cc21. The van der Waals surface area contributed by atoms with E-state index >= 15 is 0 Å². The number of carbonyl (C=O) groups is 1. The fraction of sp³-hybridized carbons (Fsp3) is 0.333. The Hall–Kier alpha value is -2.17. The van der Waals surface area contributed by atoms with E-state index in [-0.39, 0.29) is 11.7 Å². The minimum absolute atomic E-state index is 0.173. The number of benzene rings is 1. The molecule has 1 amide bonds. The first-order chi connectivity index (χ1) is 9.58. The lowest BCUT2D eigenvalue weighted by atomic mass is 10.0. The maximum atomic E-state index is 13.5. The van der Waals surface area contributed by atoms with Gasteiger partial charge in [0.05, 0.1) is 11.4 Å². The molecule has 0 saturated carbocycles. The first-order valence-corrected chi connectivity index (χ1v) is 6.61. The Kier molecular flexibility index (Phi) is 3.04. The van der Waals surface area contributed by atoms with Crippen LogP contribution in [0, 0.1) is 19.7 Å². The molecule has 0 atom stereocenters. The Balaban J connectivity index is 2.05. The Bertz CT molecular complexity index is 659. The highest BCUT2D eigenvalue weighted by Gasteiger charge is 2.28. The van der Waals surface area contributed by atoms with E-state index < -0.39 is 0 Å². The van der Waals surface area contributed by atoms with Gasteiger partial charge >= 0.3 is 0 Å². The topological polar surface area (TPSA) is 46.3 Å². The predicted molar refractivity (Wildman–Crippen MR) is 72.4 cm³/mol. The van der Waals surface area contributed by atoms with Crippen LogP contribution in [-0.4, -0.2) is 17.6 Å². The molecule has 0 saturated heterocycles. The van der Waals surface area contributed by atoms with Crippen LogP contribution in [0.3, 0.4) is 0 Å². The molecule has 0 fully saturated rings. The molecule has 3 rings (SSSR count). The summed E-state index contributed by atoms with van der Waals surface area (Å²) in [5.41, 5.74) is 2.69. The van der Waals surface area contributed by atoms with Crippen LogP contribution in [0.5, 0.6) is 0 Å². The highest BCUT2D eigenvalue weighted by Crippen LogP contribution is 2.30. The summed E-state index contributed by atoms with van der Waals surface area (Å²) in [7, 11) is 0. The quantitative estimate of drug-likeness (QED) is 0.803. The molecule has 1 aliphatic rings. The number of aromatic nitrogens is 1. The average Bonchev–Trinajstić information content (AvgIpc) is 2.77. The first-order valence-electron chi connectivity index (χ1n) is 6.61. The van der Waals surface area contributed by atoms with E-state index in [4.69, 9.17) is 4.52 Å². The fourth-order valence-corrected chi connectivity index (χ4v) is 2.68. The lowest BCUT2D eigenvalue weighted by Crippen LogP contribution is -2.36. The number of rotatable bonds is 1. The molecular weight excluding hydrogens is 259 g/mol. The number of hydrogen-bond acceptors (Lipinski definition) is 3. The van der Waals surface area contributed by atoms with Gasteiger partial charge in [-0.25, -0.2) is 4.39 Å². The van der Waals surface area contributed by atoms with Gasteiger partial charge in [0.25, 0.3) is 5.91 Å². The van der Waals surface area contributed by atoms with Gasteiger partial charge in [-0.3, -0.25) is 4.79 Å². The number of nitrogens with zero attached hydrogens (tertiary/aromatic N) is 2. The van der Waals surface area contributed by atoms with E-state index in [9.17, 15) is 9.18 Å². The zero-order valence-electron chi connectivity index (χ0n) is 11.4. The van der Waals surface area contributed by atoms with Crippen LogP contribution >= 0.6 is 0 Å². The minimum Gasteiger partial charge on any atom is -0.361 e. The molecule has 104 valence electrons. The van der Waals surface area contributed by atoms with Crippen molar-refractivity contribution >= 4 is 11.6 Å². The molecule has 5 heteroatoms. The third-order valence-corrected chi connectivity index (χ3v) is 3.66. The number of aryl methyl sites for hydroxylation is 3. The number of hydrogen-bond donors (Lipinski definition) is 0. The van der Waals surface area contributed by atoms with E-state index in [0.717, 1.165) is 18.4 Å². The van der Waals surface area contributed by atoms with Gasteiger partial charge in [-0.2, -0.15) is 0 Å².